The maximum absolute atomic E-state index is 8.36. The van der Waals surface area contributed by atoms with Gasteiger partial charge in [0.05, 0.1) is 0 Å². The normalized spacial score (nSPS) is 4.80. The Bertz CT molecular complexity index is 29.9. The van der Waals surface area contributed by atoms with Crippen LogP contribution in [-0.2, 0) is 0 Å². The van der Waals surface area contributed by atoms with E-state index in [2.05, 4.69) is 0 Å². The Labute approximate surface area is 29.1 Å². The van der Waals surface area contributed by atoms with Crippen molar-refractivity contribution in [3.8, 4) is 0 Å². The molecule has 5 heavy (non-hydrogen) atoms. The van der Waals surface area contributed by atoms with Crippen molar-refractivity contribution in [2.75, 3.05) is 0 Å². The van der Waals surface area contributed by atoms with Crippen LogP contribution in [0.1, 0.15) is 7.43 Å². The van der Waals surface area contributed by atoms with Crippen molar-refractivity contribution in [3.63, 3.8) is 0 Å². The molecular weight excluding hydrogens is 65.0 g/mol. The van der Waals surface area contributed by atoms with Crippen LogP contribution in [-0.4, -0.2) is 10.3 Å². The van der Waals surface area contributed by atoms with Crippen molar-refractivity contribution in [2.45, 2.75) is 7.43 Å². The van der Waals surface area contributed by atoms with E-state index in [1.165, 1.54) is 0 Å². The molecule has 0 unspecified atom stereocenters. The molecule has 0 aliphatic rings. The van der Waals surface area contributed by atoms with E-state index in [9.17, 15) is 0 Å². The number of hydrogen-bond acceptors (Lipinski definition) is 2. The summed E-state index contributed by atoms with van der Waals surface area (Å²) < 4.78 is 0. The molecule has 1 N–H and O–H groups in total. The molecule has 0 aliphatic heterocycles. The summed E-state index contributed by atoms with van der Waals surface area (Å²) >= 11 is 0. The fourth-order valence-electron chi connectivity index (χ4n) is 0. The highest BCUT2D eigenvalue weighted by atomic mass is 16.9. The van der Waals surface area contributed by atoms with Crippen LogP contribution in [0.15, 0.2) is 0 Å². The van der Waals surface area contributed by atoms with Crippen molar-refractivity contribution in [3.05, 3.63) is 10.1 Å². The lowest BCUT2D eigenvalue weighted by atomic mass is 3.00. The van der Waals surface area contributed by atoms with E-state index in [1.807, 2.05) is 0 Å². The predicted octanol–water partition coefficient (Wildman–Crippen LogP) is 0.288. The Kier molecular flexibility index (Phi) is 5.69. The van der Waals surface area contributed by atoms with Crippen LogP contribution in [0.25, 0.3) is 0 Å². The summed E-state index contributed by atoms with van der Waals surface area (Å²) in [6.45, 7) is 0. The zero-order valence-electron chi connectivity index (χ0n) is 1.71. The van der Waals surface area contributed by atoms with Gasteiger partial charge < -0.3 is 5.21 Å². The molecule has 0 rings (SSSR count). The van der Waals surface area contributed by atoms with E-state index in [4.69, 9.17) is 15.3 Å². The van der Waals surface area contributed by atoms with E-state index in [1.54, 1.807) is 0 Å². The third-order valence-electron chi connectivity index (χ3n) is 0. The molecule has 0 aromatic carbocycles. The first-order valence-electron chi connectivity index (χ1n) is 0.565. The van der Waals surface area contributed by atoms with E-state index in [-0.39, 0.29) is 7.43 Å². The molecule has 0 fully saturated rings. The van der Waals surface area contributed by atoms with Gasteiger partial charge in [-0.05, 0) is 0 Å². The second-order valence-corrected chi connectivity index (χ2v) is 0.238. The zero-order valence-corrected chi connectivity index (χ0v) is 1.71. The second-order valence-electron chi connectivity index (χ2n) is 0.238. The number of hydrogen-bond donors (Lipinski definition) is 1. The third kappa shape index (κ3) is 7.20. The van der Waals surface area contributed by atoms with Gasteiger partial charge in [-0.2, -0.15) is 0 Å². The van der Waals surface area contributed by atoms with Gasteiger partial charge in [0.1, 0.15) is 0 Å². The molecule has 32 valence electrons. The maximum Gasteiger partial charge on any atom is 0.291 e. The molecule has 0 aromatic heterocycles. The summed E-state index contributed by atoms with van der Waals surface area (Å²) in [6, 6.07) is 0. The molecule has 4 nitrogen and oxygen atoms in total. The van der Waals surface area contributed by atoms with Crippen molar-refractivity contribution < 1.29 is 10.3 Å². The van der Waals surface area contributed by atoms with Crippen molar-refractivity contribution >= 4 is 0 Å². The highest BCUT2D eigenvalue weighted by Crippen LogP contribution is 1.38. The molecule has 0 heterocycles. The topological polar surface area (TPSA) is 63.4 Å². The average Bonchev–Trinajstić information content (AvgIpc) is 0.811. The van der Waals surface area contributed by atoms with Gasteiger partial charge in [0, 0.05) is 0 Å². The fourth-order valence-corrected chi connectivity index (χ4v) is 0. The zero-order chi connectivity index (χ0) is 3.58. The molecule has 0 aliphatic carbocycles. The van der Waals surface area contributed by atoms with Crippen molar-refractivity contribution in [2.24, 2.45) is 0 Å². The Morgan fingerprint density at radius 1 is 1.80 bits per heavy atom. The molecule has 4 heteroatoms. The minimum absolute atomic E-state index is 0. The smallest absolute Gasteiger partial charge is 0.291 e. The van der Waals surface area contributed by atoms with Gasteiger partial charge in [-0.3, -0.25) is 0 Å². The highest BCUT2D eigenvalue weighted by molar-refractivity contribution is 3.83. The lowest BCUT2D eigenvalue weighted by Crippen LogP contribution is -1.81. The first-order valence-corrected chi connectivity index (χ1v) is 0.565. The quantitative estimate of drug-likeness (QED) is 0.329. The molecule has 0 aromatic rings. The van der Waals surface area contributed by atoms with Crippen LogP contribution in [0.3, 0.4) is 0 Å². The largest absolute Gasteiger partial charge is 0.328 e. The van der Waals surface area contributed by atoms with Gasteiger partial charge in [0.15, 0.2) is 0 Å². The van der Waals surface area contributed by atoms with Crippen LogP contribution < -0.4 is 0 Å². The Morgan fingerprint density at radius 2 is 1.80 bits per heavy atom. The highest BCUT2D eigenvalue weighted by Gasteiger charge is 1.65. The lowest BCUT2D eigenvalue weighted by Gasteiger charge is -1.56. The Morgan fingerprint density at radius 3 is 1.80 bits per heavy atom. The second kappa shape index (κ2) is 3.20. The summed E-state index contributed by atoms with van der Waals surface area (Å²) in [5.41, 5.74) is 0. The van der Waals surface area contributed by atoms with E-state index < -0.39 is 5.09 Å². The maximum atomic E-state index is 8.36. The molecule has 0 spiro atoms. The summed E-state index contributed by atoms with van der Waals surface area (Å²) in [7, 11) is 0. The molecular formula is CH5NO3. The SMILES string of the molecule is O=[N+]([O-])O.[3CH4]. The van der Waals surface area contributed by atoms with Crippen LogP contribution in [0, 0.1) is 10.1 Å². The first-order chi connectivity index (χ1) is 1.73. The standard InChI is InChI=1S/CH4.HNO3/c;2-1(3)4/h1H4;(H,2,3,4)/i1-9;. The lowest BCUT2D eigenvalue weighted by molar-refractivity contribution is -0.742. The average molecular weight is 70.0 g/mol. The molecule has 0 radical (unpaired) electrons. The summed E-state index contributed by atoms with van der Waals surface area (Å²) in [6.07, 6.45) is 0. The molecule has 0 atom stereocenters. The van der Waals surface area contributed by atoms with Crippen LogP contribution in [0.2, 0.25) is 0 Å². The first kappa shape index (κ1) is 8.89. The summed E-state index contributed by atoms with van der Waals surface area (Å²) in [5.74, 6) is 0. The van der Waals surface area contributed by atoms with Crippen LogP contribution in [0.5, 0.6) is 0 Å². The fraction of sp³-hybridized carbons (Fsp3) is 1.00. The molecule has 0 amide bonds. The van der Waals surface area contributed by atoms with Crippen molar-refractivity contribution in [1.82, 2.24) is 0 Å². The van der Waals surface area contributed by atoms with Gasteiger partial charge in [-0.15, -0.1) is 10.1 Å². The van der Waals surface area contributed by atoms with Gasteiger partial charge in [-0.25, -0.2) is 0 Å². The summed E-state index contributed by atoms with van der Waals surface area (Å²) in [5, 5.41) is 13.6. The van der Waals surface area contributed by atoms with Gasteiger partial charge in [0.2, 0.25) is 0 Å². The minimum atomic E-state index is -1.50. The predicted molar refractivity (Wildman–Crippen MR) is 15.5 cm³/mol. The third-order valence-corrected chi connectivity index (χ3v) is 0. The van der Waals surface area contributed by atoms with Crippen LogP contribution in [0.4, 0.5) is 0 Å². The number of nitrogens with zero attached hydrogens (tertiary/aromatic N) is 1. The Balaban J connectivity index is 0. The number of rotatable bonds is 0. The van der Waals surface area contributed by atoms with Gasteiger partial charge in [-0.1, -0.05) is 7.43 Å². The van der Waals surface area contributed by atoms with Crippen LogP contribution >= 0.6 is 0 Å². The minimum Gasteiger partial charge on any atom is -0.328 e. The van der Waals surface area contributed by atoms with E-state index in [0.29, 0.717) is 0 Å². The molecule has 0 bridgehead atoms. The van der Waals surface area contributed by atoms with Gasteiger partial charge >= 0.3 is 0 Å². The van der Waals surface area contributed by atoms with E-state index >= 15 is 0 Å². The Hall–Kier alpha value is -0.800. The monoisotopic (exact) mass is 70.0 g/mol. The van der Waals surface area contributed by atoms with E-state index in [0.717, 1.165) is 0 Å². The summed E-state index contributed by atoms with van der Waals surface area (Å²) in [4.78, 5) is 8.36. The molecule has 0 saturated carbocycles. The molecule has 0 saturated heterocycles. The van der Waals surface area contributed by atoms with Gasteiger partial charge in [0.25, 0.3) is 5.09 Å². The van der Waals surface area contributed by atoms with Crippen molar-refractivity contribution in [1.29, 1.82) is 0 Å².